The summed E-state index contributed by atoms with van der Waals surface area (Å²) >= 11 is 0. The number of fused-ring (bicyclic) bond motifs is 1. The normalized spacial score (nSPS) is 20.9. The van der Waals surface area contributed by atoms with Gasteiger partial charge < -0.3 is 15.0 Å². The first-order valence-corrected chi connectivity index (χ1v) is 5.92. The molecule has 2 N–H and O–H groups in total. The number of H-pyrrole nitrogens is 1. The molecule has 1 atom stereocenters. The minimum absolute atomic E-state index is 0.101. The number of imidazole rings is 1. The molecule has 4 nitrogen and oxygen atoms in total. The second kappa shape index (κ2) is 4.50. The summed E-state index contributed by atoms with van der Waals surface area (Å²) in [6, 6.07) is 3.39. The molecule has 1 unspecified atom stereocenters. The van der Waals surface area contributed by atoms with E-state index >= 15 is 0 Å². The predicted molar refractivity (Wildman–Crippen MR) is 62.7 cm³/mol. The number of ether oxygens (including phenoxy) is 1. The number of aromatic nitrogens is 2. The summed E-state index contributed by atoms with van der Waals surface area (Å²) in [5.74, 6) is 0.606. The van der Waals surface area contributed by atoms with Crippen molar-refractivity contribution in [1.82, 2.24) is 15.3 Å². The molecule has 0 aliphatic carbocycles. The molecule has 3 rings (SSSR count). The van der Waals surface area contributed by atoms with E-state index in [2.05, 4.69) is 15.3 Å². The van der Waals surface area contributed by atoms with E-state index in [1.54, 1.807) is 0 Å². The fraction of sp³-hybridized carbons (Fsp3) is 0.417. The van der Waals surface area contributed by atoms with Crippen molar-refractivity contribution in [2.45, 2.75) is 12.2 Å². The van der Waals surface area contributed by atoms with E-state index in [9.17, 15) is 13.2 Å². The van der Waals surface area contributed by atoms with Crippen LogP contribution in [0.4, 0.5) is 13.2 Å². The highest BCUT2D eigenvalue weighted by Gasteiger charge is 2.31. The Bertz CT molecular complexity index is 587. The van der Waals surface area contributed by atoms with Gasteiger partial charge >= 0.3 is 6.18 Å². The highest BCUT2D eigenvalue weighted by atomic mass is 19.4. The fourth-order valence-corrected chi connectivity index (χ4v) is 2.11. The van der Waals surface area contributed by atoms with Gasteiger partial charge in [0, 0.05) is 6.54 Å². The lowest BCUT2D eigenvalue weighted by molar-refractivity contribution is -0.137. The summed E-state index contributed by atoms with van der Waals surface area (Å²) < 4.78 is 43.1. The van der Waals surface area contributed by atoms with Crippen molar-refractivity contribution in [3.05, 3.63) is 29.6 Å². The van der Waals surface area contributed by atoms with E-state index in [0.29, 0.717) is 36.6 Å². The van der Waals surface area contributed by atoms with Crippen LogP contribution in [-0.4, -0.2) is 29.7 Å². The van der Waals surface area contributed by atoms with Crippen LogP contribution < -0.4 is 5.32 Å². The first-order valence-electron chi connectivity index (χ1n) is 5.92. The molecule has 0 spiro atoms. The maximum absolute atomic E-state index is 12.6. The fourth-order valence-electron chi connectivity index (χ4n) is 2.11. The topological polar surface area (TPSA) is 49.9 Å². The van der Waals surface area contributed by atoms with Crippen molar-refractivity contribution < 1.29 is 17.9 Å². The molecular formula is C12H12F3N3O. The molecule has 0 amide bonds. The van der Waals surface area contributed by atoms with Gasteiger partial charge in [-0.2, -0.15) is 13.2 Å². The maximum Gasteiger partial charge on any atom is 0.416 e. The molecular weight excluding hydrogens is 259 g/mol. The van der Waals surface area contributed by atoms with Crippen LogP contribution in [0.2, 0.25) is 0 Å². The largest absolute Gasteiger partial charge is 0.416 e. The van der Waals surface area contributed by atoms with Gasteiger partial charge in [0.25, 0.3) is 0 Å². The van der Waals surface area contributed by atoms with Gasteiger partial charge in [-0.15, -0.1) is 0 Å². The first kappa shape index (κ1) is 12.4. The van der Waals surface area contributed by atoms with Crippen LogP contribution in [-0.2, 0) is 10.9 Å². The molecule has 0 radical (unpaired) electrons. The summed E-state index contributed by atoms with van der Waals surface area (Å²) in [4.78, 5) is 7.22. The summed E-state index contributed by atoms with van der Waals surface area (Å²) in [5.41, 5.74) is 0.232. The lowest BCUT2D eigenvalue weighted by Crippen LogP contribution is -2.35. The Kier molecular flexibility index (Phi) is 2.94. The second-order valence-corrected chi connectivity index (χ2v) is 4.43. The van der Waals surface area contributed by atoms with Gasteiger partial charge in [-0.1, -0.05) is 0 Å². The molecule has 1 aromatic carbocycles. The number of rotatable bonds is 1. The summed E-state index contributed by atoms with van der Waals surface area (Å²) in [7, 11) is 0. The molecule has 0 saturated carbocycles. The lowest BCUT2D eigenvalue weighted by Gasteiger charge is -2.21. The van der Waals surface area contributed by atoms with Crippen LogP contribution in [0.5, 0.6) is 0 Å². The summed E-state index contributed by atoms with van der Waals surface area (Å²) in [5, 5.41) is 3.20. The second-order valence-electron chi connectivity index (χ2n) is 4.43. The van der Waals surface area contributed by atoms with Crippen LogP contribution in [0.3, 0.4) is 0 Å². The van der Waals surface area contributed by atoms with Gasteiger partial charge in [0.2, 0.25) is 0 Å². The van der Waals surface area contributed by atoms with Crippen molar-refractivity contribution in [1.29, 1.82) is 0 Å². The van der Waals surface area contributed by atoms with Crippen molar-refractivity contribution in [2.24, 2.45) is 0 Å². The number of hydrogen-bond acceptors (Lipinski definition) is 3. The van der Waals surface area contributed by atoms with Gasteiger partial charge in [-0.05, 0) is 18.2 Å². The summed E-state index contributed by atoms with van der Waals surface area (Å²) in [6.45, 7) is 1.80. The third-order valence-electron chi connectivity index (χ3n) is 3.08. The van der Waals surface area contributed by atoms with Crippen molar-refractivity contribution in [2.75, 3.05) is 19.8 Å². The van der Waals surface area contributed by atoms with Crippen LogP contribution in [0, 0.1) is 0 Å². The Hall–Kier alpha value is -1.60. The smallest absolute Gasteiger partial charge is 0.378 e. The van der Waals surface area contributed by atoms with Crippen molar-refractivity contribution in [3.8, 4) is 0 Å². The Morgan fingerprint density at radius 1 is 1.32 bits per heavy atom. The minimum Gasteiger partial charge on any atom is -0.378 e. The lowest BCUT2D eigenvalue weighted by atomic mass is 10.2. The first-order chi connectivity index (χ1) is 9.04. The third kappa shape index (κ3) is 2.43. The van der Waals surface area contributed by atoms with Crippen LogP contribution in [0.1, 0.15) is 17.4 Å². The van der Waals surface area contributed by atoms with E-state index in [0.717, 1.165) is 12.1 Å². The molecule has 1 aliphatic rings. The van der Waals surface area contributed by atoms with Crippen molar-refractivity contribution >= 4 is 11.0 Å². The van der Waals surface area contributed by atoms with E-state index in [1.165, 1.54) is 6.07 Å². The van der Waals surface area contributed by atoms with E-state index < -0.39 is 11.7 Å². The molecule has 0 bridgehead atoms. The monoisotopic (exact) mass is 271 g/mol. The molecule has 1 aliphatic heterocycles. The molecule has 1 saturated heterocycles. The molecule has 2 aromatic rings. The van der Waals surface area contributed by atoms with Gasteiger partial charge in [0.05, 0.1) is 35.9 Å². The summed E-state index contributed by atoms with van der Waals surface area (Å²) in [6.07, 6.45) is -4.34. The van der Waals surface area contributed by atoms with E-state index in [-0.39, 0.29) is 6.04 Å². The number of benzene rings is 1. The number of hydrogen-bond donors (Lipinski definition) is 2. The Morgan fingerprint density at radius 3 is 2.84 bits per heavy atom. The minimum atomic E-state index is -4.34. The zero-order valence-corrected chi connectivity index (χ0v) is 9.92. The standard InChI is InChI=1S/C12H12F3N3O/c13-12(14,15)7-1-2-8-9(5-7)18-11(17-8)10-6-19-4-3-16-10/h1-2,5,10,16H,3-4,6H2,(H,17,18). The molecule has 7 heteroatoms. The predicted octanol–water partition coefficient (Wildman–Crippen LogP) is 2.24. The number of aromatic amines is 1. The number of alkyl halides is 3. The molecule has 1 fully saturated rings. The van der Waals surface area contributed by atoms with E-state index in [4.69, 9.17) is 4.74 Å². The van der Waals surface area contributed by atoms with Crippen LogP contribution in [0.15, 0.2) is 18.2 Å². The number of nitrogens with zero attached hydrogens (tertiary/aromatic N) is 1. The number of halogens is 3. The average molecular weight is 271 g/mol. The molecule has 1 aromatic heterocycles. The molecule has 2 heterocycles. The maximum atomic E-state index is 12.6. The number of morpholine rings is 1. The number of nitrogens with one attached hydrogen (secondary N) is 2. The quantitative estimate of drug-likeness (QED) is 0.836. The molecule has 19 heavy (non-hydrogen) atoms. The third-order valence-corrected chi connectivity index (χ3v) is 3.08. The average Bonchev–Trinajstić information content (AvgIpc) is 2.81. The van der Waals surface area contributed by atoms with Gasteiger partial charge in [-0.3, -0.25) is 0 Å². The zero-order valence-electron chi connectivity index (χ0n) is 9.92. The highest BCUT2D eigenvalue weighted by Crippen LogP contribution is 2.31. The SMILES string of the molecule is FC(F)(F)c1ccc2nc(C3COCCN3)[nH]c2c1. The zero-order chi connectivity index (χ0) is 13.5. The molecule has 102 valence electrons. The highest BCUT2D eigenvalue weighted by molar-refractivity contribution is 5.76. The van der Waals surface area contributed by atoms with E-state index in [1.807, 2.05) is 0 Å². The Balaban J connectivity index is 1.96. The Labute approximate surface area is 107 Å². The van der Waals surface area contributed by atoms with Gasteiger partial charge in [0.15, 0.2) is 0 Å². The van der Waals surface area contributed by atoms with Crippen molar-refractivity contribution in [3.63, 3.8) is 0 Å². The Morgan fingerprint density at radius 2 is 2.16 bits per heavy atom. The van der Waals surface area contributed by atoms with Gasteiger partial charge in [0.1, 0.15) is 5.82 Å². The van der Waals surface area contributed by atoms with Crippen LogP contribution >= 0.6 is 0 Å². The van der Waals surface area contributed by atoms with Crippen LogP contribution in [0.25, 0.3) is 11.0 Å². The van der Waals surface area contributed by atoms with Gasteiger partial charge in [-0.25, -0.2) is 4.98 Å².